The molecule has 0 aliphatic carbocycles. The summed E-state index contributed by atoms with van der Waals surface area (Å²) < 4.78 is 13.0. The number of nitrogens with one attached hydrogen (secondary N) is 1. The van der Waals surface area contributed by atoms with E-state index in [1.54, 1.807) is 12.1 Å². The van der Waals surface area contributed by atoms with E-state index in [2.05, 4.69) is 35.8 Å². The topological polar surface area (TPSA) is 15.3 Å². The van der Waals surface area contributed by atoms with Gasteiger partial charge in [-0.15, -0.1) is 0 Å². The van der Waals surface area contributed by atoms with Gasteiger partial charge in [0.2, 0.25) is 0 Å². The predicted octanol–water partition coefficient (Wildman–Crippen LogP) is 3.30. The zero-order valence-corrected chi connectivity index (χ0v) is 13.4. The second kappa shape index (κ2) is 7.43. The van der Waals surface area contributed by atoms with Gasteiger partial charge in [0.1, 0.15) is 5.82 Å². The summed E-state index contributed by atoms with van der Waals surface area (Å²) in [6, 6.07) is 7.15. The van der Waals surface area contributed by atoms with E-state index in [9.17, 15) is 4.39 Å². The molecule has 0 aromatic heterocycles. The van der Waals surface area contributed by atoms with Gasteiger partial charge in [-0.3, -0.25) is 0 Å². The highest BCUT2D eigenvalue weighted by Crippen LogP contribution is 2.25. The number of rotatable bonds is 5. The van der Waals surface area contributed by atoms with Crippen molar-refractivity contribution >= 4 is 11.8 Å². The minimum Gasteiger partial charge on any atom is -0.313 e. The summed E-state index contributed by atoms with van der Waals surface area (Å²) in [6.07, 6.45) is 1.06. The molecule has 112 valence electrons. The molecule has 4 heteroatoms. The SMILES string of the molecule is CNC(CCN1CC(C)SC(C)C1)c1ccc(F)cc1. The third-order valence-corrected chi connectivity index (χ3v) is 5.08. The average molecular weight is 296 g/mol. The Morgan fingerprint density at radius 1 is 1.25 bits per heavy atom. The minimum atomic E-state index is -0.167. The first-order valence-corrected chi connectivity index (χ1v) is 8.33. The Labute approximate surface area is 126 Å². The van der Waals surface area contributed by atoms with Crippen LogP contribution in [0, 0.1) is 5.82 Å². The monoisotopic (exact) mass is 296 g/mol. The largest absolute Gasteiger partial charge is 0.313 e. The summed E-state index contributed by atoms with van der Waals surface area (Å²) in [5.74, 6) is -0.167. The Hall–Kier alpha value is -0.580. The molecule has 0 bridgehead atoms. The average Bonchev–Trinajstić information content (AvgIpc) is 2.40. The minimum absolute atomic E-state index is 0.167. The zero-order valence-electron chi connectivity index (χ0n) is 12.6. The molecule has 0 spiro atoms. The summed E-state index contributed by atoms with van der Waals surface area (Å²) in [5.41, 5.74) is 1.17. The lowest BCUT2D eigenvalue weighted by molar-refractivity contribution is 0.256. The Balaban J connectivity index is 1.89. The first-order chi connectivity index (χ1) is 9.58. The van der Waals surface area contributed by atoms with E-state index in [-0.39, 0.29) is 5.82 Å². The van der Waals surface area contributed by atoms with Gasteiger partial charge in [-0.2, -0.15) is 11.8 Å². The molecule has 1 saturated heterocycles. The summed E-state index contributed by atoms with van der Waals surface area (Å²) >= 11 is 2.08. The van der Waals surface area contributed by atoms with Crippen LogP contribution in [-0.4, -0.2) is 42.1 Å². The summed E-state index contributed by atoms with van der Waals surface area (Å²) in [7, 11) is 1.98. The van der Waals surface area contributed by atoms with Crippen molar-refractivity contribution in [1.29, 1.82) is 0 Å². The van der Waals surface area contributed by atoms with Gasteiger partial charge < -0.3 is 10.2 Å². The Bertz CT molecular complexity index is 399. The lowest BCUT2D eigenvalue weighted by Crippen LogP contribution is -2.41. The molecule has 2 rings (SSSR count). The van der Waals surface area contributed by atoms with Crippen molar-refractivity contribution in [3.8, 4) is 0 Å². The van der Waals surface area contributed by atoms with Crippen LogP contribution in [0.2, 0.25) is 0 Å². The van der Waals surface area contributed by atoms with Gasteiger partial charge in [0, 0.05) is 36.2 Å². The van der Waals surface area contributed by atoms with Gasteiger partial charge in [0.15, 0.2) is 0 Å². The van der Waals surface area contributed by atoms with Gasteiger partial charge in [0.05, 0.1) is 0 Å². The molecule has 0 amide bonds. The van der Waals surface area contributed by atoms with Crippen LogP contribution in [0.4, 0.5) is 4.39 Å². The first kappa shape index (κ1) is 15.8. The summed E-state index contributed by atoms with van der Waals surface area (Å²) in [5, 5.41) is 4.79. The van der Waals surface area contributed by atoms with Crippen LogP contribution in [0.1, 0.15) is 31.9 Å². The lowest BCUT2D eigenvalue weighted by Gasteiger charge is -2.35. The van der Waals surface area contributed by atoms with E-state index in [0.717, 1.165) is 23.5 Å². The summed E-state index contributed by atoms with van der Waals surface area (Å²) in [4.78, 5) is 2.56. The number of hydrogen-bond donors (Lipinski definition) is 1. The normalized spacial score (nSPS) is 25.6. The lowest BCUT2D eigenvalue weighted by atomic mass is 10.0. The molecule has 1 fully saturated rings. The highest BCUT2D eigenvalue weighted by Gasteiger charge is 2.22. The van der Waals surface area contributed by atoms with Crippen molar-refractivity contribution < 1.29 is 4.39 Å². The fraction of sp³-hybridized carbons (Fsp3) is 0.625. The van der Waals surface area contributed by atoms with Crippen LogP contribution in [0.15, 0.2) is 24.3 Å². The molecule has 3 atom stereocenters. The molecule has 1 N–H and O–H groups in total. The van der Waals surface area contributed by atoms with E-state index in [0.29, 0.717) is 6.04 Å². The molecular formula is C16H25FN2S. The second-order valence-corrected chi connectivity index (χ2v) is 7.58. The van der Waals surface area contributed by atoms with E-state index in [4.69, 9.17) is 0 Å². The van der Waals surface area contributed by atoms with Crippen molar-refractivity contribution in [2.24, 2.45) is 0 Å². The Kier molecular flexibility index (Phi) is 5.87. The molecule has 1 aliphatic heterocycles. The first-order valence-electron chi connectivity index (χ1n) is 7.39. The highest BCUT2D eigenvalue weighted by molar-refractivity contribution is 8.00. The van der Waals surface area contributed by atoms with Crippen LogP contribution >= 0.6 is 11.8 Å². The van der Waals surface area contributed by atoms with E-state index >= 15 is 0 Å². The van der Waals surface area contributed by atoms with Crippen molar-refractivity contribution in [2.75, 3.05) is 26.7 Å². The number of hydrogen-bond acceptors (Lipinski definition) is 3. The molecular weight excluding hydrogens is 271 g/mol. The van der Waals surface area contributed by atoms with E-state index in [1.165, 1.54) is 18.7 Å². The van der Waals surface area contributed by atoms with Gasteiger partial charge in [-0.05, 0) is 31.2 Å². The zero-order chi connectivity index (χ0) is 14.5. The maximum absolute atomic E-state index is 13.0. The van der Waals surface area contributed by atoms with Crippen LogP contribution in [-0.2, 0) is 0 Å². The van der Waals surface area contributed by atoms with E-state index in [1.807, 2.05) is 19.2 Å². The Morgan fingerprint density at radius 2 is 1.85 bits per heavy atom. The van der Waals surface area contributed by atoms with Crippen LogP contribution < -0.4 is 5.32 Å². The standard InChI is InChI=1S/C16H25FN2S/c1-12-10-19(11-13(2)20-12)9-8-16(18-3)14-4-6-15(17)7-5-14/h4-7,12-13,16,18H,8-11H2,1-3H3. The number of halogens is 1. The number of nitrogens with zero attached hydrogens (tertiary/aromatic N) is 1. The predicted molar refractivity (Wildman–Crippen MR) is 85.8 cm³/mol. The van der Waals surface area contributed by atoms with Crippen molar-refractivity contribution in [2.45, 2.75) is 36.8 Å². The van der Waals surface area contributed by atoms with Crippen LogP contribution in [0.3, 0.4) is 0 Å². The van der Waals surface area contributed by atoms with Crippen molar-refractivity contribution in [3.05, 3.63) is 35.6 Å². The molecule has 1 aromatic rings. The Morgan fingerprint density at radius 3 is 2.40 bits per heavy atom. The quantitative estimate of drug-likeness (QED) is 0.897. The molecule has 0 radical (unpaired) electrons. The van der Waals surface area contributed by atoms with Gasteiger partial charge in [0.25, 0.3) is 0 Å². The van der Waals surface area contributed by atoms with Crippen molar-refractivity contribution in [1.82, 2.24) is 10.2 Å². The van der Waals surface area contributed by atoms with Crippen LogP contribution in [0.5, 0.6) is 0 Å². The second-order valence-electron chi connectivity index (χ2n) is 5.70. The molecule has 20 heavy (non-hydrogen) atoms. The third-order valence-electron chi connectivity index (χ3n) is 3.85. The highest BCUT2D eigenvalue weighted by atomic mass is 32.2. The van der Waals surface area contributed by atoms with Gasteiger partial charge in [-0.25, -0.2) is 4.39 Å². The maximum Gasteiger partial charge on any atom is 0.123 e. The molecule has 1 aliphatic rings. The van der Waals surface area contributed by atoms with Gasteiger partial charge >= 0.3 is 0 Å². The molecule has 2 nitrogen and oxygen atoms in total. The fourth-order valence-corrected chi connectivity index (χ4v) is 4.34. The smallest absolute Gasteiger partial charge is 0.123 e. The third kappa shape index (κ3) is 4.47. The molecule has 0 saturated carbocycles. The molecule has 3 unspecified atom stereocenters. The fourth-order valence-electron chi connectivity index (χ4n) is 2.95. The van der Waals surface area contributed by atoms with E-state index < -0.39 is 0 Å². The van der Waals surface area contributed by atoms with Crippen molar-refractivity contribution in [3.63, 3.8) is 0 Å². The van der Waals surface area contributed by atoms with Gasteiger partial charge in [-0.1, -0.05) is 26.0 Å². The number of thioether (sulfide) groups is 1. The van der Waals surface area contributed by atoms with Crippen LogP contribution in [0.25, 0.3) is 0 Å². The maximum atomic E-state index is 13.0. The summed E-state index contributed by atoms with van der Waals surface area (Å²) in [6.45, 7) is 8.06. The number of benzene rings is 1. The molecule has 1 aromatic carbocycles. The molecule has 1 heterocycles.